The van der Waals surface area contributed by atoms with Crippen LogP contribution in [-0.4, -0.2) is 46.9 Å². The lowest BCUT2D eigenvalue weighted by Crippen LogP contribution is -2.41. The number of hydrogen-bond donors (Lipinski definition) is 2. The predicted octanol–water partition coefficient (Wildman–Crippen LogP) is 3.41. The van der Waals surface area contributed by atoms with Crippen LogP contribution in [0.3, 0.4) is 0 Å². The number of fused-ring (bicyclic) bond motifs is 3. The molecule has 2 aromatic carbocycles. The molecule has 1 aliphatic rings. The normalized spacial score (nSPS) is 13.0. The first kappa shape index (κ1) is 21.3. The smallest absolute Gasteiger partial charge is 0.407 e. The van der Waals surface area contributed by atoms with Gasteiger partial charge in [0, 0.05) is 12.3 Å². The molecule has 0 saturated heterocycles. The number of aliphatic carboxylic acids is 1. The molecule has 0 bridgehead atoms. The van der Waals surface area contributed by atoms with Crippen molar-refractivity contribution in [3.05, 3.63) is 77.9 Å². The molecule has 1 aromatic heterocycles. The molecule has 0 fully saturated rings. The molecular formula is C24H23N3O5. The second-order valence-electron chi connectivity index (χ2n) is 7.44. The van der Waals surface area contributed by atoms with Gasteiger partial charge in [-0.1, -0.05) is 48.5 Å². The molecule has 164 valence electrons. The summed E-state index contributed by atoms with van der Waals surface area (Å²) in [6, 6.07) is 14.9. The summed E-state index contributed by atoms with van der Waals surface area (Å²) >= 11 is 0. The van der Waals surface area contributed by atoms with Crippen LogP contribution in [0.15, 0.2) is 60.9 Å². The Hall–Kier alpha value is -3.94. The van der Waals surface area contributed by atoms with Crippen molar-refractivity contribution in [2.75, 3.05) is 13.7 Å². The van der Waals surface area contributed by atoms with E-state index < -0.39 is 18.1 Å². The van der Waals surface area contributed by atoms with Gasteiger partial charge in [0.2, 0.25) is 0 Å². The molecule has 4 rings (SSSR count). The molecule has 3 aromatic rings. The number of nitrogens with zero attached hydrogens (tertiary/aromatic N) is 2. The van der Waals surface area contributed by atoms with E-state index in [4.69, 9.17) is 9.47 Å². The number of carbonyl (C=O) groups is 2. The van der Waals surface area contributed by atoms with Gasteiger partial charge in [0.1, 0.15) is 18.5 Å². The number of hydrogen-bond acceptors (Lipinski definition) is 6. The number of nitrogens with one attached hydrogen (secondary N) is 1. The van der Waals surface area contributed by atoms with Gasteiger partial charge in [-0.2, -0.15) is 0 Å². The SMILES string of the molecule is COc1cnc(CC[C@@H](NC(=O)OCC2c3ccccc3-c3ccccc32)C(=O)O)nc1. The Morgan fingerprint density at radius 2 is 1.62 bits per heavy atom. The highest BCUT2D eigenvalue weighted by Gasteiger charge is 2.29. The number of carboxylic acids is 1. The Labute approximate surface area is 185 Å². The van der Waals surface area contributed by atoms with Crippen LogP contribution < -0.4 is 10.1 Å². The lowest BCUT2D eigenvalue weighted by atomic mass is 9.98. The maximum absolute atomic E-state index is 12.4. The molecule has 8 heteroatoms. The van der Waals surface area contributed by atoms with Crippen LogP contribution >= 0.6 is 0 Å². The lowest BCUT2D eigenvalue weighted by molar-refractivity contribution is -0.139. The van der Waals surface area contributed by atoms with Crippen LogP contribution in [0.1, 0.15) is 29.3 Å². The van der Waals surface area contributed by atoms with Gasteiger partial charge >= 0.3 is 12.1 Å². The minimum Gasteiger partial charge on any atom is -0.494 e. The molecule has 1 amide bonds. The summed E-state index contributed by atoms with van der Waals surface area (Å²) in [6.45, 7) is 0.119. The van der Waals surface area contributed by atoms with Crippen LogP contribution in [0, 0.1) is 0 Å². The van der Waals surface area contributed by atoms with Crippen molar-refractivity contribution in [2.24, 2.45) is 0 Å². The first-order valence-electron chi connectivity index (χ1n) is 10.3. The molecule has 2 N–H and O–H groups in total. The summed E-state index contributed by atoms with van der Waals surface area (Å²) in [4.78, 5) is 32.2. The third kappa shape index (κ3) is 4.54. The van der Waals surface area contributed by atoms with E-state index in [9.17, 15) is 14.7 Å². The molecule has 0 unspecified atom stereocenters. The summed E-state index contributed by atoms with van der Waals surface area (Å²) in [6.07, 6.45) is 2.67. The van der Waals surface area contributed by atoms with Gasteiger partial charge in [0.25, 0.3) is 0 Å². The maximum atomic E-state index is 12.4. The topological polar surface area (TPSA) is 111 Å². The van der Waals surface area contributed by atoms with E-state index in [1.54, 1.807) is 0 Å². The Morgan fingerprint density at radius 3 is 2.19 bits per heavy atom. The van der Waals surface area contributed by atoms with Crippen molar-refractivity contribution >= 4 is 12.1 Å². The van der Waals surface area contributed by atoms with E-state index in [2.05, 4.69) is 27.4 Å². The fraction of sp³-hybridized carbons (Fsp3) is 0.250. The van der Waals surface area contributed by atoms with Crippen molar-refractivity contribution in [2.45, 2.75) is 24.8 Å². The molecule has 0 radical (unpaired) electrons. The number of carbonyl (C=O) groups excluding carboxylic acids is 1. The number of ether oxygens (including phenoxy) is 2. The van der Waals surface area contributed by atoms with Gasteiger partial charge < -0.3 is 19.9 Å². The van der Waals surface area contributed by atoms with E-state index in [1.165, 1.54) is 19.5 Å². The molecular weight excluding hydrogens is 410 g/mol. The van der Waals surface area contributed by atoms with Gasteiger partial charge in [0.05, 0.1) is 19.5 Å². The lowest BCUT2D eigenvalue weighted by Gasteiger charge is -2.17. The number of methoxy groups -OCH3 is 1. The minimum absolute atomic E-state index is 0.0934. The number of alkyl carbamates (subject to hydrolysis) is 1. The summed E-state index contributed by atoms with van der Waals surface area (Å²) in [7, 11) is 1.51. The Kier molecular flexibility index (Phi) is 6.30. The minimum atomic E-state index is -1.15. The van der Waals surface area contributed by atoms with Gasteiger partial charge in [-0.05, 0) is 28.7 Å². The van der Waals surface area contributed by atoms with E-state index >= 15 is 0 Å². The number of aromatic nitrogens is 2. The highest BCUT2D eigenvalue weighted by Crippen LogP contribution is 2.44. The van der Waals surface area contributed by atoms with Gasteiger partial charge in [0.15, 0.2) is 5.75 Å². The van der Waals surface area contributed by atoms with Crippen LogP contribution in [0.25, 0.3) is 11.1 Å². The van der Waals surface area contributed by atoms with Crippen LogP contribution in [-0.2, 0) is 16.0 Å². The number of aryl methyl sites for hydroxylation is 1. The van der Waals surface area contributed by atoms with Crippen LogP contribution in [0.2, 0.25) is 0 Å². The van der Waals surface area contributed by atoms with Gasteiger partial charge in [-0.15, -0.1) is 0 Å². The zero-order valence-electron chi connectivity index (χ0n) is 17.5. The quantitative estimate of drug-likeness (QED) is 0.560. The van der Waals surface area contributed by atoms with E-state index in [-0.39, 0.29) is 25.4 Å². The molecule has 32 heavy (non-hydrogen) atoms. The summed E-state index contributed by atoms with van der Waals surface area (Å²) < 4.78 is 10.4. The van der Waals surface area contributed by atoms with E-state index in [1.807, 2.05) is 36.4 Å². The van der Waals surface area contributed by atoms with Gasteiger partial charge in [-0.3, -0.25) is 0 Å². The highest BCUT2D eigenvalue weighted by atomic mass is 16.5. The van der Waals surface area contributed by atoms with Crippen molar-refractivity contribution in [1.82, 2.24) is 15.3 Å². The maximum Gasteiger partial charge on any atom is 0.407 e. The summed E-state index contributed by atoms with van der Waals surface area (Å²) in [5.41, 5.74) is 4.43. The second kappa shape index (κ2) is 9.47. The first-order chi connectivity index (χ1) is 15.6. The van der Waals surface area contributed by atoms with E-state index in [0.29, 0.717) is 11.6 Å². The molecule has 0 aliphatic heterocycles. The second-order valence-corrected chi connectivity index (χ2v) is 7.44. The molecule has 0 spiro atoms. The Balaban J connectivity index is 1.36. The number of carboxylic acid groups (broad SMARTS) is 1. The Morgan fingerprint density at radius 1 is 1.03 bits per heavy atom. The van der Waals surface area contributed by atoms with Crippen LogP contribution in [0.4, 0.5) is 4.79 Å². The van der Waals surface area contributed by atoms with Crippen molar-refractivity contribution in [3.63, 3.8) is 0 Å². The van der Waals surface area contributed by atoms with E-state index in [0.717, 1.165) is 22.3 Å². The summed E-state index contributed by atoms with van der Waals surface area (Å²) in [5.74, 6) is -0.261. The predicted molar refractivity (Wildman–Crippen MR) is 117 cm³/mol. The highest BCUT2D eigenvalue weighted by molar-refractivity contribution is 5.81. The van der Waals surface area contributed by atoms with Crippen molar-refractivity contribution in [3.8, 4) is 16.9 Å². The molecule has 8 nitrogen and oxygen atoms in total. The monoisotopic (exact) mass is 433 g/mol. The third-order valence-electron chi connectivity index (χ3n) is 5.51. The largest absolute Gasteiger partial charge is 0.494 e. The fourth-order valence-electron chi connectivity index (χ4n) is 3.89. The van der Waals surface area contributed by atoms with Crippen LogP contribution in [0.5, 0.6) is 5.75 Å². The zero-order valence-corrected chi connectivity index (χ0v) is 17.5. The Bertz CT molecular complexity index is 1070. The molecule has 1 heterocycles. The average Bonchev–Trinajstić information content (AvgIpc) is 3.14. The fourth-order valence-corrected chi connectivity index (χ4v) is 3.89. The number of rotatable bonds is 8. The van der Waals surface area contributed by atoms with Crippen molar-refractivity contribution in [1.29, 1.82) is 0 Å². The summed E-state index contributed by atoms with van der Waals surface area (Å²) in [5, 5.41) is 11.9. The molecule has 0 saturated carbocycles. The average molecular weight is 433 g/mol. The standard InChI is InChI=1S/C24H23N3O5/c1-31-15-12-25-22(26-13-15)11-10-21(23(28)29)27-24(30)32-14-20-18-8-4-2-6-16(18)17-7-3-5-9-19(17)20/h2-9,12-13,20-21H,10-11,14H2,1H3,(H,27,30)(H,28,29)/t21-/m1/s1. The molecule has 1 atom stereocenters. The first-order valence-corrected chi connectivity index (χ1v) is 10.3. The third-order valence-corrected chi connectivity index (χ3v) is 5.51. The number of amides is 1. The van der Waals surface area contributed by atoms with Gasteiger partial charge in [-0.25, -0.2) is 19.6 Å². The number of benzene rings is 2. The van der Waals surface area contributed by atoms with Crippen molar-refractivity contribution < 1.29 is 24.2 Å². The molecule has 1 aliphatic carbocycles. The zero-order chi connectivity index (χ0) is 22.5.